The Hall–Kier alpha value is -1.33. The van der Waals surface area contributed by atoms with E-state index in [9.17, 15) is 9.18 Å². The first-order valence-electron chi connectivity index (χ1n) is 6.55. The Bertz CT molecular complexity index is 477. The summed E-state index contributed by atoms with van der Waals surface area (Å²) >= 11 is 5.63. The van der Waals surface area contributed by atoms with Crippen molar-refractivity contribution in [3.63, 3.8) is 0 Å². The van der Waals surface area contributed by atoms with E-state index in [1.54, 1.807) is 0 Å². The maximum absolute atomic E-state index is 13.0. The van der Waals surface area contributed by atoms with Crippen molar-refractivity contribution < 1.29 is 18.7 Å². The highest BCUT2D eigenvalue weighted by atomic mass is 35.5. The fourth-order valence-corrected chi connectivity index (χ4v) is 2.27. The molecule has 1 aliphatic rings. The number of rotatable bonds is 5. The molecule has 0 saturated carbocycles. The Balaban J connectivity index is 1.78. The van der Waals surface area contributed by atoms with Crippen molar-refractivity contribution in [3.8, 4) is 5.75 Å². The number of ether oxygens (including phenoxy) is 2. The molecule has 6 heteroatoms. The molecule has 0 bridgehead atoms. The predicted molar refractivity (Wildman–Crippen MR) is 73.5 cm³/mol. The first-order chi connectivity index (χ1) is 9.56. The second kappa shape index (κ2) is 6.90. The Kier molecular flexibility index (Phi) is 5.20. The molecule has 0 aliphatic carbocycles. The summed E-state index contributed by atoms with van der Waals surface area (Å²) in [6, 6.07) is 3.92. The van der Waals surface area contributed by atoms with Crippen LogP contribution in [0.1, 0.15) is 19.8 Å². The highest BCUT2D eigenvalue weighted by Gasteiger charge is 2.23. The fourth-order valence-electron chi connectivity index (χ4n) is 2.10. The average molecular weight is 302 g/mol. The summed E-state index contributed by atoms with van der Waals surface area (Å²) in [5.74, 6) is -0.403. The lowest BCUT2D eigenvalue weighted by molar-refractivity contribution is -0.124. The number of carbonyl (C=O) groups excluding carboxylic acids is 1. The van der Waals surface area contributed by atoms with Crippen molar-refractivity contribution in [2.24, 2.45) is 0 Å². The summed E-state index contributed by atoms with van der Waals surface area (Å²) in [6.07, 6.45) is 2.05. The summed E-state index contributed by atoms with van der Waals surface area (Å²) < 4.78 is 23.7. The van der Waals surface area contributed by atoms with Gasteiger partial charge in [0.2, 0.25) is 0 Å². The van der Waals surface area contributed by atoms with E-state index in [1.165, 1.54) is 18.2 Å². The number of amides is 1. The molecule has 20 heavy (non-hydrogen) atoms. The molecule has 1 aromatic rings. The van der Waals surface area contributed by atoms with Crippen molar-refractivity contribution in [3.05, 3.63) is 29.0 Å². The molecule has 1 aliphatic heterocycles. The first kappa shape index (κ1) is 15.1. The van der Waals surface area contributed by atoms with Gasteiger partial charge in [0.15, 0.2) is 6.61 Å². The maximum atomic E-state index is 13.0. The lowest BCUT2D eigenvalue weighted by Gasteiger charge is -2.20. The largest absolute Gasteiger partial charge is 0.484 e. The zero-order chi connectivity index (χ0) is 14.5. The van der Waals surface area contributed by atoms with E-state index in [0.717, 1.165) is 19.4 Å². The van der Waals surface area contributed by atoms with Gasteiger partial charge in [-0.2, -0.15) is 0 Å². The van der Waals surface area contributed by atoms with Crippen LogP contribution in [0.3, 0.4) is 0 Å². The Labute approximate surface area is 122 Å². The van der Waals surface area contributed by atoms with Crippen LogP contribution in [0.25, 0.3) is 0 Å². The summed E-state index contributed by atoms with van der Waals surface area (Å²) in [5, 5.41) is 2.79. The number of hydrogen-bond acceptors (Lipinski definition) is 3. The van der Waals surface area contributed by atoms with Crippen LogP contribution in [0.5, 0.6) is 5.75 Å². The van der Waals surface area contributed by atoms with Gasteiger partial charge in [-0.1, -0.05) is 11.6 Å². The minimum atomic E-state index is -0.518. The van der Waals surface area contributed by atoms with Crippen LogP contribution < -0.4 is 10.1 Å². The number of hydrogen-bond donors (Lipinski definition) is 1. The topological polar surface area (TPSA) is 47.6 Å². The second-order valence-corrected chi connectivity index (χ2v) is 5.18. The van der Waals surface area contributed by atoms with E-state index in [0.29, 0.717) is 5.75 Å². The van der Waals surface area contributed by atoms with Gasteiger partial charge in [-0.25, -0.2) is 4.39 Å². The number of carbonyl (C=O) groups is 1. The van der Waals surface area contributed by atoms with Gasteiger partial charge in [0.05, 0.1) is 17.2 Å². The molecule has 1 N–H and O–H groups in total. The zero-order valence-electron chi connectivity index (χ0n) is 11.2. The minimum absolute atomic E-state index is 0.0318. The van der Waals surface area contributed by atoms with E-state index >= 15 is 0 Å². The van der Waals surface area contributed by atoms with Gasteiger partial charge >= 0.3 is 0 Å². The van der Waals surface area contributed by atoms with Crippen LogP contribution in [0.4, 0.5) is 4.39 Å². The molecule has 1 aromatic carbocycles. The van der Waals surface area contributed by atoms with Gasteiger partial charge in [-0.15, -0.1) is 0 Å². The molecule has 1 fully saturated rings. The van der Waals surface area contributed by atoms with Crippen LogP contribution in [0.2, 0.25) is 5.02 Å². The smallest absolute Gasteiger partial charge is 0.258 e. The fraction of sp³-hybridized carbons (Fsp3) is 0.500. The normalized spacial score (nSPS) is 19.6. The van der Waals surface area contributed by atoms with Crippen molar-refractivity contribution >= 4 is 17.5 Å². The summed E-state index contributed by atoms with van der Waals surface area (Å²) in [6.45, 7) is 2.51. The van der Waals surface area contributed by atoms with Gasteiger partial charge < -0.3 is 14.8 Å². The monoisotopic (exact) mass is 301 g/mol. The summed E-state index contributed by atoms with van der Waals surface area (Å²) in [4.78, 5) is 11.7. The average Bonchev–Trinajstić information content (AvgIpc) is 2.94. The summed E-state index contributed by atoms with van der Waals surface area (Å²) in [7, 11) is 0. The molecular formula is C14H17ClFNO3. The van der Waals surface area contributed by atoms with Crippen molar-refractivity contribution in [1.82, 2.24) is 5.32 Å². The molecule has 2 rings (SSSR count). The zero-order valence-corrected chi connectivity index (χ0v) is 12.0. The maximum Gasteiger partial charge on any atom is 0.258 e. The molecular weight excluding hydrogens is 285 g/mol. The van der Waals surface area contributed by atoms with E-state index in [-0.39, 0.29) is 29.7 Å². The van der Waals surface area contributed by atoms with Gasteiger partial charge in [-0.05, 0) is 31.9 Å². The third-order valence-electron chi connectivity index (χ3n) is 3.17. The standard InChI is InChI=1S/C14H17ClFNO3/c1-9(13-3-2-6-19-13)17-14(18)8-20-10-4-5-12(16)11(15)7-10/h4-5,7,9,13H,2-3,6,8H2,1H3,(H,17,18)/t9-,13+/m1/s1. The Morgan fingerprint density at radius 3 is 3.10 bits per heavy atom. The number of nitrogens with one attached hydrogen (secondary N) is 1. The van der Waals surface area contributed by atoms with E-state index in [4.69, 9.17) is 21.1 Å². The van der Waals surface area contributed by atoms with Gasteiger partial charge in [0.1, 0.15) is 11.6 Å². The lowest BCUT2D eigenvalue weighted by atomic mass is 10.1. The van der Waals surface area contributed by atoms with E-state index < -0.39 is 5.82 Å². The van der Waals surface area contributed by atoms with Crippen LogP contribution in [0, 0.1) is 5.82 Å². The molecule has 110 valence electrons. The molecule has 1 amide bonds. The molecule has 4 nitrogen and oxygen atoms in total. The quantitative estimate of drug-likeness (QED) is 0.909. The first-order valence-corrected chi connectivity index (χ1v) is 6.93. The number of benzene rings is 1. The SMILES string of the molecule is C[C@@H](NC(=O)COc1ccc(F)c(Cl)c1)[C@@H]1CCCO1. The predicted octanol–water partition coefficient (Wildman–Crippen LogP) is 2.54. The Morgan fingerprint density at radius 2 is 2.45 bits per heavy atom. The third kappa shape index (κ3) is 4.08. The highest BCUT2D eigenvalue weighted by molar-refractivity contribution is 6.30. The third-order valence-corrected chi connectivity index (χ3v) is 3.46. The lowest BCUT2D eigenvalue weighted by Crippen LogP contribution is -2.42. The van der Waals surface area contributed by atoms with Crippen molar-refractivity contribution in [2.75, 3.05) is 13.2 Å². The van der Waals surface area contributed by atoms with Crippen molar-refractivity contribution in [1.29, 1.82) is 0 Å². The molecule has 0 radical (unpaired) electrons. The molecule has 2 atom stereocenters. The number of halogens is 2. The molecule has 1 heterocycles. The van der Waals surface area contributed by atoms with Gasteiger partial charge in [-0.3, -0.25) is 4.79 Å². The van der Waals surface area contributed by atoms with Gasteiger partial charge in [0, 0.05) is 12.7 Å². The second-order valence-electron chi connectivity index (χ2n) is 4.77. The molecule has 0 aromatic heterocycles. The van der Waals surface area contributed by atoms with Crippen molar-refractivity contribution in [2.45, 2.75) is 31.9 Å². The van der Waals surface area contributed by atoms with E-state index in [2.05, 4.69) is 5.32 Å². The van der Waals surface area contributed by atoms with Crippen LogP contribution in [-0.4, -0.2) is 31.3 Å². The van der Waals surface area contributed by atoms with Crippen LogP contribution >= 0.6 is 11.6 Å². The van der Waals surface area contributed by atoms with Gasteiger partial charge in [0.25, 0.3) is 5.91 Å². The molecule has 1 saturated heterocycles. The Morgan fingerprint density at radius 1 is 1.65 bits per heavy atom. The van der Waals surface area contributed by atoms with Crippen LogP contribution in [0.15, 0.2) is 18.2 Å². The molecule has 0 unspecified atom stereocenters. The van der Waals surface area contributed by atoms with Crippen LogP contribution in [-0.2, 0) is 9.53 Å². The summed E-state index contributed by atoms with van der Waals surface area (Å²) in [5.41, 5.74) is 0. The van der Waals surface area contributed by atoms with E-state index in [1.807, 2.05) is 6.92 Å². The highest BCUT2D eigenvalue weighted by Crippen LogP contribution is 2.21. The molecule has 0 spiro atoms. The minimum Gasteiger partial charge on any atom is -0.484 e.